The van der Waals surface area contributed by atoms with E-state index in [1.807, 2.05) is 24.4 Å². The third kappa shape index (κ3) is 4.49. The number of aromatic hydroxyl groups is 1. The second-order valence-electron chi connectivity index (χ2n) is 5.67. The molecule has 0 saturated heterocycles. The molecule has 0 unspecified atom stereocenters. The van der Waals surface area contributed by atoms with Gasteiger partial charge in [0.25, 0.3) is 15.9 Å². The quantitative estimate of drug-likeness (QED) is 0.603. The first-order valence-corrected chi connectivity index (χ1v) is 11.4. The fourth-order valence-electron chi connectivity index (χ4n) is 2.49. The van der Waals surface area contributed by atoms with Gasteiger partial charge in [-0.3, -0.25) is 9.52 Å². The molecule has 1 amide bonds. The highest BCUT2D eigenvalue weighted by Crippen LogP contribution is 2.27. The van der Waals surface area contributed by atoms with E-state index in [-0.39, 0.29) is 27.1 Å². The van der Waals surface area contributed by atoms with Gasteiger partial charge in [-0.25, -0.2) is 8.42 Å². The van der Waals surface area contributed by atoms with Crippen LogP contribution in [0.2, 0.25) is 0 Å². The second-order valence-corrected chi connectivity index (χ2v) is 9.56. The molecule has 0 saturated carbocycles. The largest absolute Gasteiger partial charge is 0.507 e. The maximum absolute atomic E-state index is 12.7. The summed E-state index contributed by atoms with van der Waals surface area (Å²) in [4.78, 5) is 15.4. The first-order chi connectivity index (χ1) is 12.9. The summed E-state index contributed by atoms with van der Waals surface area (Å²) in [6, 6.07) is 11.2. The lowest BCUT2D eigenvalue weighted by Crippen LogP contribution is -2.30. The molecule has 0 radical (unpaired) electrons. The van der Waals surface area contributed by atoms with E-state index in [1.165, 1.54) is 24.3 Å². The average molecular weight is 423 g/mol. The van der Waals surface area contributed by atoms with Crippen molar-refractivity contribution >= 4 is 44.3 Å². The van der Waals surface area contributed by atoms with E-state index < -0.39 is 10.0 Å². The summed E-state index contributed by atoms with van der Waals surface area (Å²) < 4.78 is 27.1. The molecular formula is C18H18N2O4S3. The van der Waals surface area contributed by atoms with Gasteiger partial charge in [0.05, 0.1) is 17.8 Å². The van der Waals surface area contributed by atoms with E-state index in [2.05, 4.69) is 4.72 Å². The van der Waals surface area contributed by atoms with Gasteiger partial charge in [0, 0.05) is 17.5 Å². The molecular weight excluding hydrogens is 404 g/mol. The van der Waals surface area contributed by atoms with Crippen molar-refractivity contribution in [2.24, 2.45) is 0 Å². The lowest BCUT2D eigenvalue weighted by Gasteiger charge is -2.21. The summed E-state index contributed by atoms with van der Waals surface area (Å²) in [5, 5.41) is 13.9. The molecule has 2 heterocycles. The topological polar surface area (TPSA) is 86.7 Å². The highest BCUT2D eigenvalue weighted by molar-refractivity contribution is 7.94. The van der Waals surface area contributed by atoms with E-state index in [4.69, 9.17) is 0 Å². The van der Waals surface area contributed by atoms with Crippen LogP contribution in [0.15, 0.2) is 57.4 Å². The van der Waals surface area contributed by atoms with Crippen molar-refractivity contribution in [2.45, 2.75) is 17.7 Å². The molecule has 0 spiro atoms. The third-order valence-electron chi connectivity index (χ3n) is 3.84. The van der Waals surface area contributed by atoms with Gasteiger partial charge in [-0.15, -0.1) is 22.7 Å². The minimum atomic E-state index is -3.71. The van der Waals surface area contributed by atoms with Crippen molar-refractivity contribution < 1.29 is 18.3 Å². The normalized spacial score (nSPS) is 11.3. The van der Waals surface area contributed by atoms with Crippen molar-refractivity contribution in [3.63, 3.8) is 0 Å². The van der Waals surface area contributed by atoms with E-state index in [1.54, 1.807) is 27.7 Å². The van der Waals surface area contributed by atoms with Crippen LogP contribution in [-0.2, 0) is 16.6 Å². The molecule has 9 heteroatoms. The van der Waals surface area contributed by atoms with E-state index in [9.17, 15) is 18.3 Å². The molecule has 2 N–H and O–H groups in total. The Morgan fingerprint density at radius 2 is 1.89 bits per heavy atom. The molecule has 0 aliphatic carbocycles. The zero-order valence-corrected chi connectivity index (χ0v) is 16.9. The number of phenolic OH excluding ortho intramolecular Hbond substituents is 1. The standard InChI is InChI=1S/C18H18N2O4S3/c1-2-20(12-14-5-3-9-25-14)18(22)15-8-7-13(11-16(15)21)19-27(23,24)17-6-4-10-26-17/h3-11,19,21H,2,12H2,1H3. The molecule has 6 nitrogen and oxygen atoms in total. The molecule has 0 bridgehead atoms. The summed E-state index contributed by atoms with van der Waals surface area (Å²) in [5.74, 6) is -0.577. The lowest BCUT2D eigenvalue weighted by atomic mass is 10.1. The fourth-order valence-corrected chi connectivity index (χ4v) is 5.25. The number of sulfonamides is 1. The molecule has 2 aromatic heterocycles. The second kappa shape index (κ2) is 8.12. The van der Waals surface area contributed by atoms with Crippen LogP contribution < -0.4 is 4.72 Å². The van der Waals surface area contributed by atoms with Crippen molar-refractivity contribution in [2.75, 3.05) is 11.3 Å². The molecule has 0 aliphatic rings. The SMILES string of the molecule is CCN(Cc1cccs1)C(=O)c1ccc(NS(=O)(=O)c2cccs2)cc1O. The number of phenols is 1. The minimum absolute atomic E-state index is 0.132. The highest BCUT2D eigenvalue weighted by atomic mass is 32.2. The number of carbonyl (C=O) groups excluding carboxylic acids is 1. The van der Waals surface area contributed by atoms with Crippen LogP contribution in [0.3, 0.4) is 0 Å². The predicted molar refractivity (Wildman–Crippen MR) is 108 cm³/mol. The van der Waals surface area contributed by atoms with Crippen LogP contribution in [0.25, 0.3) is 0 Å². The van der Waals surface area contributed by atoms with E-state index >= 15 is 0 Å². The third-order valence-corrected chi connectivity index (χ3v) is 7.48. The van der Waals surface area contributed by atoms with Crippen LogP contribution in [-0.4, -0.2) is 30.9 Å². The Labute approximate surface area is 165 Å². The number of thiophene rings is 2. The van der Waals surface area contributed by atoms with Crippen LogP contribution >= 0.6 is 22.7 Å². The maximum atomic E-state index is 12.7. The Kier molecular flexibility index (Phi) is 5.83. The summed E-state index contributed by atoms with van der Waals surface area (Å²) in [7, 11) is -3.71. The zero-order valence-electron chi connectivity index (χ0n) is 14.5. The number of amides is 1. The Morgan fingerprint density at radius 3 is 2.48 bits per heavy atom. The predicted octanol–water partition coefficient (Wildman–Crippen LogP) is 3.98. The molecule has 1 aromatic carbocycles. The van der Waals surface area contributed by atoms with Crippen molar-refractivity contribution in [1.29, 1.82) is 0 Å². The number of carbonyl (C=O) groups is 1. The Balaban J connectivity index is 1.78. The van der Waals surface area contributed by atoms with Crippen molar-refractivity contribution in [3.8, 4) is 5.75 Å². The number of rotatable bonds is 7. The van der Waals surface area contributed by atoms with Crippen LogP contribution in [0.5, 0.6) is 5.75 Å². The monoisotopic (exact) mass is 422 g/mol. The molecule has 3 rings (SSSR count). The number of nitrogens with zero attached hydrogens (tertiary/aromatic N) is 1. The van der Waals surface area contributed by atoms with Crippen LogP contribution in [0.4, 0.5) is 5.69 Å². The van der Waals surface area contributed by atoms with Gasteiger partial charge in [-0.2, -0.15) is 0 Å². The van der Waals surface area contributed by atoms with Gasteiger partial charge < -0.3 is 10.0 Å². The number of nitrogens with one attached hydrogen (secondary N) is 1. The first kappa shape index (κ1) is 19.4. The summed E-state index contributed by atoms with van der Waals surface area (Å²) in [6.45, 7) is 2.81. The molecule has 0 fully saturated rings. The van der Waals surface area contributed by atoms with Gasteiger partial charge in [0.1, 0.15) is 9.96 Å². The summed E-state index contributed by atoms with van der Waals surface area (Å²) in [6.07, 6.45) is 0. The smallest absolute Gasteiger partial charge is 0.271 e. The zero-order chi connectivity index (χ0) is 19.4. The number of benzene rings is 1. The Morgan fingerprint density at radius 1 is 1.15 bits per heavy atom. The van der Waals surface area contributed by atoms with Gasteiger partial charge >= 0.3 is 0 Å². The molecule has 0 aliphatic heterocycles. The van der Waals surface area contributed by atoms with Crippen LogP contribution in [0.1, 0.15) is 22.2 Å². The first-order valence-electron chi connectivity index (χ1n) is 8.11. The van der Waals surface area contributed by atoms with Gasteiger partial charge in [-0.05, 0) is 41.9 Å². The molecule has 142 valence electrons. The minimum Gasteiger partial charge on any atom is -0.507 e. The van der Waals surface area contributed by atoms with Crippen molar-refractivity contribution in [1.82, 2.24) is 4.90 Å². The van der Waals surface area contributed by atoms with Crippen LogP contribution in [0, 0.1) is 0 Å². The van der Waals surface area contributed by atoms with Crippen molar-refractivity contribution in [3.05, 3.63) is 63.7 Å². The molecule has 0 atom stereocenters. The van der Waals surface area contributed by atoms with Gasteiger partial charge in [0.15, 0.2) is 0 Å². The fraction of sp³-hybridized carbons (Fsp3) is 0.167. The van der Waals surface area contributed by atoms with E-state index in [0.717, 1.165) is 16.2 Å². The number of anilines is 1. The number of hydrogen-bond acceptors (Lipinski definition) is 6. The molecule has 3 aromatic rings. The molecule has 27 heavy (non-hydrogen) atoms. The highest BCUT2D eigenvalue weighted by Gasteiger charge is 2.20. The average Bonchev–Trinajstić information content (AvgIpc) is 3.33. The van der Waals surface area contributed by atoms with E-state index in [0.29, 0.717) is 13.1 Å². The van der Waals surface area contributed by atoms with Gasteiger partial charge in [-0.1, -0.05) is 12.1 Å². The summed E-state index contributed by atoms with van der Waals surface area (Å²) in [5.41, 5.74) is 0.325. The maximum Gasteiger partial charge on any atom is 0.271 e. The van der Waals surface area contributed by atoms with Gasteiger partial charge in [0.2, 0.25) is 0 Å². The number of hydrogen-bond donors (Lipinski definition) is 2. The Hall–Kier alpha value is -2.36. The lowest BCUT2D eigenvalue weighted by molar-refractivity contribution is 0.0751. The summed E-state index contributed by atoms with van der Waals surface area (Å²) >= 11 is 2.66. The Bertz CT molecular complexity index is 1010.